The fourth-order valence-electron chi connectivity index (χ4n) is 1.94. The van der Waals surface area contributed by atoms with Gasteiger partial charge in [-0.1, -0.05) is 40.9 Å². The quantitative estimate of drug-likeness (QED) is 0.601. The van der Waals surface area contributed by atoms with Gasteiger partial charge in [0, 0.05) is 16.1 Å². The maximum absolute atomic E-state index is 11.2. The van der Waals surface area contributed by atoms with Crippen molar-refractivity contribution in [2.75, 3.05) is 7.11 Å². The van der Waals surface area contributed by atoms with Crippen molar-refractivity contribution in [3.05, 3.63) is 56.6 Å². The second kappa shape index (κ2) is 7.18. The number of halogens is 3. The van der Waals surface area contributed by atoms with Crippen molar-refractivity contribution in [2.24, 2.45) is 0 Å². The van der Waals surface area contributed by atoms with Gasteiger partial charge in [-0.2, -0.15) is 0 Å². The van der Waals surface area contributed by atoms with E-state index in [0.29, 0.717) is 33.3 Å². The van der Waals surface area contributed by atoms with Gasteiger partial charge in [-0.3, -0.25) is 0 Å². The van der Waals surface area contributed by atoms with E-state index in [1.54, 1.807) is 18.2 Å². The Labute approximate surface area is 143 Å². The first-order valence-electron chi connectivity index (χ1n) is 6.35. The van der Waals surface area contributed by atoms with E-state index in [4.69, 9.17) is 34.8 Å². The molecular formula is C15H13Cl3N2O2. The Balaban J connectivity index is 2.38. The number of hydrogen-bond acceptors (Lipinski definition) is 3. The lowest BCUT2D eigenvalue weighted by Gasteiger charge is -2.10. The summed E-state index contributed by atoms with van der Waals surface area (Å²) in [5, 5.41) is 1.43. The first kappa shape index (κ1) is 16.9. The first-order valence-corrected chi connectivity index (χ1v) is 7.48. The van der Waals surface area contributed by atoms with Crippen LogP contribution in [0.25, 0.3) is 6.08 Å². The van der Waals surface area contributed by atoms with E-state index in [1.807, 2.05) is 17.6 Å². The molecule has 4 nitrogen and oxygen atoms in total. The highest BCUT2D eigenvalue weighted by atomic mass is 35.5. The monoisotopic (exact) mass is 358 g/mol. The summed E-state index contributed by atoms with van der Waals surface area (Å²) in [7, 11) is 1.31. The lowest BCUT2D eigenvalue weighted by molar-refractivity contribution is -0.134. The molecule has 0 saturated carbocycles. The lowest BCUT2D eigenvalue weighted by Crippen LogP contribution is -2.05. The van der Waals surface area contributed by atoms with E-state index in [-0.39, 0.29) is 0 Å². The van der Waals surface area contributed by atoms with Crippen molar-refractivity contribution in [3.8, 4) is 0 Å². The summed E-state index contributed by atoms with van der Waals surface area (Å²) in [6.45, 7) is 2.29. The fourth-order valence-corrected chi connectivity index (χ4v) is 2.69. The van der Waals surface area contributed by atoms with Crippen LogP contribution < -0.4 is 0 Å². The van der Waals surface area contributed by atoms with Gasteiger partial charge >= 0.3 is 5.97 Å². The van der Waals surface area contributed by atoms with Crippen molar-refractivity contribution < 1.29 is 9.53 Å². The summed E-state index contributed by atoms with van der Waals surface area (Å²) >= 11 is 18.2. The molecule has 116 valence electrons. The summed E-state index contributed by atoms with van der Waals surface area (Å²) in [5.41, 5.74) is 1.48. The van der Waals surface area contributed by atoms with E-state index >= 15 is 0 Å². The molecule has 0 fully saturated rings. The first-order chi connectivity index (χ1) is 10.4. The average molecular weight is 360 g/mol. The number of hydrogen-bond donors (Lipinski definition) is 0. The van der Waals surface area contributed by atoms with Crippen LogP contribution in [0.1, 0.15) is 17.1 Å². The lowest BCUT2D eigenvalue weighted by atomic mass is 10.2. The van der Waals surface area contributed by atoms with Gasteiger partial charge in [0.1, 0.15) is 5.82 Å². The van der Waals surface area contributed by atoms with E-state index < -0.39 is 5.97 Å². The molecule has 1 heterocycles. The van der Waals surface area contributed by atoms with Crippen LogP contribution in [0.15, 0.2) is 24.3 Å². The minimum Gasteiger partial charge on any atom is -0.466 e. The Kier molecular flexibility index (Phi) is 5.51. The van der Waals surface area contributed by atoms with Gasteiger partial charge in [0.25, 0.3) is 0 Å². The molecule has 0 aliphatic heterocycles. The predicted octanol–water partition coefficient (Wildman–Crippen LogP) is 4.39. The molecule has 0 unspecified atom stereocenters. The molecule has 2 aromatic rings. The highest BCUT2D eigenvalue weighted by molar-refractivity contribution is 6.35. The molecular weight excluding hydrogens is 347 g/mol. The Hall–Kier alpha value is -1.49. The van der Waals surface area contributed by atoms with E-state index in [0.717, 1.165) is 5.56 Å². The number of ether oxygens (including phenoxy) is 1. The smallest absolute Gasteiger partial charge is 0.330 e. The molecule has 0 N–H and O–H groups in total. The van der Waals surface area contributed by atoms with Crippen LogP contribution in [-0.4, -0.2) is 22.6 Å². The topological polar surface area (TPSA) is 44.1 Å². The number of methoxy groups -OCH3 is 1. The number of aromatic nitrogens is 2. The van der Waals surface area contributed by atoms with Crippen LogP contribution in [0.4, 0.5) is 0 Å². The number of carbonyl (C=O) groups excluding carboxylic acids is 1. The predicted molar refractivity (Wildman–Crippen MR) is 88.6 cm³/mol. The van der Waals surface area contributed by atoms with Crippen molar-refractivity contribution in [3.63, 3.8) is 0 Å². The zero-order valence-corrected chi connectivity index (χ0v) is 14.2. The third-order valence-corrected chi connectivity index (χ3v) is 3.94. The second-order valence-corrected chi connectivity index (χ2v) is 5.72. The van der Waals surface area contributed by atoms with Gasteiger partial charge in [-0.05, 0) is 30.7 Å². The Bertz CT molecular complexity index is 739. The van der Waals surface area contributed by atoms with Crippen molar-refractivity contribution in [1.82, 2.24) is 9.55 Å². The standard InChI is InChI=1S/C15H13Cl3N2O2/c1-9-19-15(18)13(5-6-14(21)22-2)20(9)8-10-3-4-11(16)7-12(10)17/h3-7H,8H2,1-2H3. The third-order valence-electron chi connectivity index (χ3n) is 3.07. The van der Waals surface area contributed by atoms with Crippen LogP contribution in [0.3, 0.4) is 0 Å². The minimum absolute atomic E-state index is 0.308. The minimum atomic E-state index is -0.467. The molecule has 22 heavy (non-hydrogen) atoms. The molecule has 1 aromatic heterocycles. The summed E-state index contributed by atoms with van der Waals surface area (Å²) in [4.78, 5) is 15.5. The van der Waals surface area contributed by atoms with Gasteiger partial charge in [0.2, 0.25) is 0 Å². The van der Waals surface area contributed by atoms with Crippen LogP contribution in [-0.2, 0) is 16.1 Å². The zero-order chi connectivity index (χ0) is 16.3. The average Bonchev–Trinajstić information content (AvgIpc) is 2.73. The van der Waals surface area contributed by atoms with E-state index in [1.165, 1.54) is 13.2 Å². The van der Waals surface area contributed by atoms with Crippen LogP contribution in [0.2, 0.25) is 15.2 Å². The summed E-state index contributed by atoms with van der Waals surface area (Å²) in [5.74, 6) is 0.242. The van der Waals surface area contributed by atoms with Gasteiger partial charge in [0.15, 0.2) is 5.15 Å². The van der Waals surface area contributed by atoms with Crippen LogP contribution >= 0.6 is 34.8 Å². The number of imidazole rings is 1. The van der Waals surface area contributed by atoms with Gasteiger partial charge < -0.3 is 9.30 Å². The second-order valence-electron chi connectivity index (χ2n) is 4.51. The number of esters is 1. The molecule has 7 heteroatoms. The number of rotatable bonds is 4. The normalized spacial score (nSPS) is 11.1. The number of carbonyl (C=O) groups is 1. The molecule has 0 amide bonds. The largest absolute Gasteiger partial charge is 0.466 e. The molecule has 0 saturated heterocycles. The SMILES string of the molecule is COC(=O)C=Cc1c(Cl)nc(C)n1Cc1ccc(Cl)cc1Cl. The van der Waals surface area contributed by atoms with Gasteiger partial charge in [-0.15, -0.1) is 0 Å². The molecule has 0 radical (unpaired) electrons. The third kappa shape index (κ3) is 3.83. The van der Waals surface area contributed by atoms with Crippen molar-refractivity contribution >= 4 is 46.8 Å². The molecule has 2 rings (SSSR count). The zero-order valence-electron chi connectivity index (χ0n) is 11.9. The number of aryl methyl sites for hydroxylation is 1. The van der Waals surface area contributed by atoms with Crippen molar-refractivity contribution in [2.45, 2.75) is 13.5 Å². The summed E-state index contributed by atoms with van der Waals surface area (Å²) in [6.07, 6.45) is 2.86. The Morgan fingerprint density at radius 1 is 1.36 bits per heavy atom. The molecule has 1 aromatic carbocycles. The Morgan fingerprint density at radius 3 is 2.73 bits per heavy atom. The number of benzene rings is 1. The summed E-state index contributed by atoms with van der Waals surface area (Å²) < 4.78 is 6.43. The summed E-state index contributed by atoms with van der Waals surface area (Å²) in [6, 6.07) is 5.28. The highest BCUT2D eigenvalue weighted by Crippen LogP contribution is 2.25. The molecule has 0 spiro atoms. The molecule has 0 bridgehead atoms. The van der Waals surface area contributed by atoms with Gasteiger partial charge in [-0.25, -0.2) is 9.78 Å². The maximum Gasteiger partial charge on any atom is 0.330 e. The van der Waals surface area contributed by atoms with Crippen molar-refractivity contribution in [1.29, 1.82) is 0 Å². The molecule has 0 atom stereocenters. The Morgan fingerprint density at radius 2 is 2.09 bits per heavy atom. The highest BCUT2D eigenvalue weighted by Gasteiger charge is 2.13. The van der Waals surface area contributed by atoms with E-state index in [9.17, 15) is 4.79 Å². The maximum atomic E-state index is 11.2. The van der Waals surface area contributed by atoms with Crippen LogP contribution in [0, 0.1) is 6.92 Å². The molecule has 0 aliphatic rings. The van der Waals surface area contributed by atoms with Gasteiger partial charge in [0.05, 0.1) is 19.3 Å². The molecule has 0 aliphatic carbocycles. The fraction of sp³-hybridized carbons (Fsp3) is 0.200. The van der Waals surface area contributed by atoms with E-state index in [2.05, 4.69) is 9.72 Å². The van der Waals surface area contributed by atoms with Crippen LogP contribution in [0.5, 0.6) is 0 Å². The number of nitrogens with zero attached hydrogens (tertiary/aromatic N) is 2.